The van der Waals surface area contributed by atoms with Crippen molar-refractivity contribution in [2.24, 2.45) is 5.41 Å². The SMILES string of the molecule is CCCCN(C)C(C)(CC)C(=O)N(C)CC(C)(C)CC. The van der Waals surface area contributed by atoms with Gasteiger partial charge in [-0.05, 0) is 45.2 Å². The normalized spacial score (nSPS) is 15.2. The molecule has 0 fully saturated rings. The maximum absolute atomic E-state index is 12.9. The van der Waals surface area contributed by atoms with Gasteiger partial charge in [-0.15, -0.1) is 0 Å². The minimum absolute atomic E-state index is 0.182. The number of hydrogen-bond acceptors (Lipinski definition) is 2. The molecule has 0 aliphatic rings. The number of unbranched alkanes of at least 4 members (excludes halogenated alkanes) is 1. The van der Waals surface area contributed by atoms with E-state index < -0.39 is 0 Å². The van der Waals surface area contributed by atoms with Gasteiger partial charge in [0, 0.05) is 13.6 Å². The fourth-order valence-electron chi connectivity index (χ4n) is 2.46. The van der Waals surface area contributed by atoms with Crippen molar-refractivity contribution in [1.82, 2.24) is 9.80 Å². The van der Waals surface area contributed by atoms with E-state index in [9.17, 15) is 4.79 Å². The van der Waals surface area contributed by atoms with Gasteiger partial charge >= 0.3 is 0 Å². The first-order valence-electron chi connectivity index (χ1n) is 8.11. The van der Waals surface area contributed by atoms with Crippen LogP contribution < -0.4 is 0 Å². The van der Waals surface area contributed by atoms with E-state index in [1.807, 2.05) is 11.9 Å². The van der Waals surface area contributed by atoms with E-state index in [1.165, 1.54) is 0 Å². The summed E-state index contributed by atoms with van der Waals surface area (Å²) in [5, 5.41) is 0. The highest BCUT2D eigenvalue weighted by atomic mass is 16.2. The van der Waals surface area contributed by atoms with Gasteiger partial charge in [0.2, 0.25) is 5.91 Å². The highest BCUT2D eigenvalue weighted by Crippen LogP contribution is 2.25. The highest BCUT2D eigenvalue weighted by molar-refractivity contribution is 5.85. The predicted molar refractivity (Wildman–Crippen MR) is 87.9 cm³/mol. The average Bonchev–Trinajstić information content (AvgIpc) is 2.42. The number of hydrogen-bond donors (Lipinski definition) is 0. The number of carbonyl (C=O) groups excluding carboxylic acids is 1. The summed E-state index contributed by atoms with van der Waals surface area (Å²) in [6.45, 7) is 14.8. The van der Waals surface area contributed by atoms with Crippen LogP contribution in [0.4, 0.5) is 0 Å². The minimum atomic E-state index is -0.381. The van der Waals surface area contributed by atoms with Gasteiger partial charge in [0.25, 0.3) is 0 Å². The highest BCUT2D eigenvalue weighted by Gasteiger charge is 2.38. The molecule has 120 valence electrons. The Bertz CT molecular complexity index is 301. The van der Waals surface area contributed by atoms with Crippen LogP contribution in [-0.4, -0.2) is 48.4 Å². The van der Waals surface area contributed by atoms with Crippen molar-refractivity contribution in [2.75, 3.05) is 27.2 Å². The lowest BCUT2D eigenvalue weighted by Gasteiger charge is -2.41. The van der Waals surface area contributed by atoms with Gasteiger partial charge in [0.1, 0.15) is 0 Å². The molecule has 0 aromatic rings. The van der Waals surface area contributed by atoms with E-state index in [2.05, 4.69) is 53.5 Å². The van der Waals surface area contributed by atoms with Crippen LogP contribution in [-0.2, 0) is 4.79 Å². The van der Waals surface area contributed by atoms with Gasteiger partial charge < -0.3 is 4.90 Å². The zero-order valence-corrected chi connectivity index (χ0v) is 15.0. The number of carbonyl (C=O) groups is 1. The molecule has 0 aliphatic heterocycles. The van der Waals surface area contributed by atoms with Crippen molar-refractivity contribution in [1.29, 1.82) is 0 Å². The van der Waals surface area contributed by atoms with Gasteiger partial charge in [0.15, 0.2) is 0 Å². The molecule has 3 nitrogen and oxygen atoms in total. The quantitative estimate of drug-likeness (QED) is 0.643. The second-order valence-corrected chi connectivity index (χ2v) is 7.08. The number of amides is 1. The lowest BCUT2D eigenvalue weighted by Crippen LogP contribution is -2.56. The molecule has 1 atom stereocenters. The van der Waals surface area contributed by atoms with E-state index in [-0.39, 0.29) is 16.9 Å². The maximum atomic E-state index is 12.9. The molecule has 0 N–H and O–H groups in total. The molecule has 0 rings (SSSR count). The third-order valence-electron chi connectivity index (χ3n) is 4.81. The van der Waals surface area contributed by atoms with Gasteiger partial charge in [-0.2, -0.15) is 0 Å². The molecule has 0 spiro atoms. The Balaban J connectivity index is 4.90. The Morgan fingerprint density at radius 1 is 1.00 bits per heavy atom. The Morgan fingerprint density at radius 3 is 1.95 bits per heavy atom. The van der Waals surface area contributed by atoms with E-state index in [1.54, 1.807) is 0 Å². The largest absolute Gasteiger partial charge is 0.344 e. The molecule has 0 radical (unpaired) electrons. The van der Waals surface area contributed by atoms with Gasteiger partial charge in [-0.25, -0.2) is 0 Å². The number of likely N-dealkylation sites (N-methyl/N-ethyl adjacent to an activating group) is 2. The summed E-state index contributed by atoms with van der Waals surface area (Å²) in [4.78, 5) is 17.0. The maximum Gasteiger partial charge on any atom is 0.242 e. The molecule has 0 heterocycles. The lowest BCUT2D eigenvalue weighted by molar-refractivity contribution is -0.143. The predicted octanol–water partition coefficient (Wildman–Crippen LogP) is 3.78. The van der Waals surface area contributed by atoms with Crippen LogP contribution in [0.5, 0.6) is 0 Å². The van der Waals surface area contributed by atoms with E-state index >= 15 is 0 Å². The van der Waals surface area contributed by atoms with Gasteiger partial charge in [-0.1, -0.05) is 41.0 Å². The van der Waals surface area contributed by atoms with Crippen LogP contribution in [0.25, 0.3) is 0 Å². The standard InChI is InChI=1S/C17H36N2O/c1-9-12-13-19(8)17(6,11-3)15(20)18(7)14-16(4,5)10-2/h9-14H2,1-8H3. The summed E-state index contributed by atoms with van der Waals surface area (Å²) in [6.07, 6.45) is 4.24. The summed E-state index contributed by atoms with van der Waals surface area (Å²) in [5.74, 6) is 0.250. The first kappa shape index (κ1) is 19.4. The second kappa shape index (κ2) is 8.02. The average molecular weight is 284 g/mol. The van der Waals surface area contributed by atoms with Gasteiger partial charge in [0.05, 0.1) is 5.54 Å². The third-order valence-corrected chi connectivity index (χ3v) is 4.81. The van der Waals surface area contributed by atoms with Crippen molar-refractivity contribution < 1.29 is 4.79 Å². The second-order valence-electron chi connectivity index (χ2n) is 7.08. The fraction of sp³-hybridized carbons (Fsp3) is 0.941. The van der Waals surface area contributed by atoms with Crippen molar-refractivity contribution in [3.8, 4) is 0 Å². The Hall–Kier alpha value is -0.570. The smallest absolute Gasteiger partial charge is 0.242 e. The third kappa shape index (κ3) is 5.08. The summed E-state index contributed by atoms with van der Waals surface area (Å²) < 4.78 is 0. The molecule has 3 heteroatoms. The van der Waals surface area contributed by atoms with Crippen molar-refractivity contribution in [3.63, 3.8) is 0 Å². The lowest BCUT2D eigenvalue weighted by atomic mass is 9.88. The van der Waals surface area contributed by atoms with Crippen LogP contribution in [0.2, 0.25) is 0 Å². The number of rotatable bonds is 9. The van der Waals surface area contributed by atoms with Crippen LogP contribution >= 0.6 is 0 Å². The number of nitrogens with zero attached hydrogens (tertiary/aromatic N) is 2. The zero-order chi connectivity index (χ0) is 16.0. The molecule has 1 unspecified atom stereocenters. The Kier molecular flexibility index (Phi) is 7.79. The summed E-state index contributed by atoms with van der Waals surface area (Å²) >= 11 is 0. The topological polar surface area (TPSA) is 23.6 Å². The first-order valence-corrected chi connectivity index (χ1v) is 8.11. The molecule has 20 heavy (non-hydrogen) atoms. The summed E-state index contributed by atoms with van der Waals surface area (Å²) in [6, 6.07) is 0. The van der Waals surface area contributed by atoms with Crippen LogP contribution in [0.1, 0.15) is 67.2 Å². The Labute approximate surface area is 126 Å². The molecule has 0 bridgehead atoms. The van der Waals surface area contributed by atoms with Gasteiger partial charge in [-0.3, -0.25) is 9.69 Å². The molecule has 1 amide bonds. The fourth-order valence-corrected chi connectivity index (χ4v) is 2.46. The summed E-state index contributed by atoms with van der Waals surface area (Å²) in [7, 11) is 4.02. The minimum Gasteiger partial charge on any atom is -0.344 e. The molecular weight excluding hydrogens is 248 g/mol. The van der Waals surface area contributed by atoms with E-state index in [0.29, 0.717) is 0 Å². The van der Waals surface area contributed by atoms with Crippen molar-refractivity contribution >= 4 is 5.91 Å². The van der Waals surface area contributed by atoms with E-state index in [0.717, 1.165) is 38.8 Å². The molecule has 0 aliphatic carbocycles. The van der Waals surface area contributed by atoms with Crippen molar-refractivity contribution in [2.45, 2.75) is 72.8 Å². The zero-order valence-electron chi connectivity index (χ0n) is 15.0. The molecule has 0 saturated heterocycles. The van der Waals surface area contributed by atoms with Crippen LogP contribution in [0.15, 0.2) is 0 Å². The molecule has 0 aromatic heterocycles. The van der Waals surface area contributed by atoms with Crippen molar-refractivity contribution in [3.05, 3.63) is 0 Å². The molecule has 0 saturated carbocycles. The first-order chi connectivity index (χ1) is 9.14. The van der Waals surface area contributed by atoms with Crippen LogP contribution in [0, 0.1) is 5.41 Å². The monoisotopic (exact) mass is 284 g/mol. The Morgan fingerprint density at radius 2 is 1.55 bits per heavy atom. The van der Waals surface area contributed by atoms with Crippen LogP contribution in [0.3, 0.4) is 0 Å². The molecular formula is C17H36N2O. The van der Waals surface area contributed by atoms with E-state index in [4.69, 9.17) is 0 Å². The summed E-state index contributed by atoms with van der Waals surface area (Å²) in [5.41, 5.74) is -0.200. The molecule has 0 aromatic carbocycles.